The number of carbonyl (C=O) groups is 2. The first-order valence-electron chi connectivity index (χ1n) is 8.29. The summed E-state index contributed by atoms with van der Waals surface area (Å²) in [6, 6.07) is 15.5. The Kier molecular flexibility index (Phi) is 7.31. The van der Waals surface area contributed by atoms with Crippen LogP contribution >= 0.6 is 0 Å². The molecule has 0 aliphatic rings. The highest BCUT2D eigenvalue weighted by Gasteiger charge is 2.23. The van der Waals surface area contributed by atoms with E-state index in [1.165, 1.54) is 0 Å². The molecule has 2 rings (SSSR count). The molecular formula is C20H20N2O5. The maximum absolute atomic E-state index is 11.9. The van der Waals surface area contributed by atoms with Crippen LogP contribution in [-0.2, 0) is 25.7 Å². The second-order valence-electron chi connectivity index (χ2n) is 5.52. The predicted molar refractivity (Wildman–Crippen MR) is 100 cm³/mol. The first kappa shape index (κ1) is 19.9. The van der Waals surface area contributed by atoms with Gasteiger partial charge in [-0.1, -0.05) is 42.5 Å². The fraction of sp³-hybridized carbons (Fsp3) is 0.200. The average Bonchev–Trinajstić information content (AvgIpc) is 2.68. The molecule has 7 heteroatoms. The third-order valence-electron chi connectivity index (χ3n) is 3.62. The molecule has 2 aromatic carbocycles. The molecule has 0 saturated heterocycles. The third kappa shape index (κ3) is 5.81. The molecule has 0 aliphatic carbocycles. The molecule has 0 fully saturated rings. The quantitative estimate of drug-likeness (QED) is 0.696. The Morgan fingerprint density at radius 3 is 2.33 bits per heavy atom. The van der Waals surface area contributed by atoms with Gasteiger partial charge in [-0.05, 0) is 30.2 Å². The van der Waals surface area contributed by atoms with E-state index in [1.807, 2.05) is 30.3 Å². The fourth-order valence-electron chi connectivity index (χ4n) is 2.35. The van der Waals surface area contributed by atoms with E-state index in [4.69, 9.17) is 15.2 Å². The molecule has 0 saturated carbocycles. The first-order valence-corrected chi connectivity index (χ1v) is 8.29. The van der Waals surface area contributed by atoms with Gasteiger partial charge in [0.05, 0.1) is 5.57 Å². The monoisotopic (exact) mass is 368 g/mol. The number of amides is 2. The Bertz CT molecular complexity index is 827. The van der Waals surface area contributed by atoms with Crippen LogP contribution in [0.1, 0.15) is 18.1 Å². The Morgan fingerprint density at radius 1 is 1.11 bits per heavy atom. The zero-order valence-electron chi connectivity index (χ0n) is 14.8. The van der Waals surface area contributed by atoms with Gasteiger partial charge >= 0.3 is 6.09 Å². The minimum atomic E-state index is -1.18. The maximum atomic E-state index is 11.9. The van der Waals surface area contributed by atoms with E-state index in [1.54, 1.807) is 37.1 Å². The largest absolute Gasteiger partial charge is 0.444 e. The number of ether oxygens (including phenoxy) is 2. The van der Waals surface area contributed by atoms with Gasteiger partial charge < -0.3 is 15.2 Å². The Morgan fingerprint density at radius 2 is 1.78 bits per heavy atom. The van der Waals surface area contributed by atoms with E-state index in [2.05, 4.69) is 5.32 Å². The van der Waals surface area contributed by atoms with Crippen molar-refractivity contribution in [3.05, 3.63) is 65.7 Å². The zero-order chi connectivity index (χ0) is 19.6. The minimum Gasteiger partial charge on any atom is -0.444 e. The molecule has 140 valence electrons. The normalized spacial score (nSPS) is 11.1. The van der Waals surface area contributed by atoms with Gasteiger partial charge in [-0.25, -0.2) is 9.59 Å². The van der Waals surface area contributed by atoms with Crippen LogP contribution in [0, 0.1) is 0 Å². The molecule has 0 aromatic heterocycles. The summed E-state index contributed by atoms with van der Waals surface area (Å²) in [6.07, 6.45) is -1.79. The fourth-order valence-corrected chi connectivity index (χ4v) is 2.35. The Hall–Kier alpha value is -3.41. The van der Waals surface area contributed by atoms with Crippen molar-refractivity contribution in [3.63, 3.8) is 0 Å². The molecule has 1 atom stereocenters. The molecule has 7 nitrogen and oxygen atoms in total. The first-order chi connectivity index (χ1) is 13.0. The Balaban J connectivity index is 2.00. The molecule has 1 unspecified atom stereocenters. The highest BCUT2D eigenvalue weighted by atomic mass is 16.5. The number of hydrogen-bond donors (Lipinski definition) is 2. The number of rotatable bonds is 8. The van der Waals surface area contributed by atoms with Crippen LogP contribution in [0.4, 0.5) is 10.5 Å². The van der Waals surface area contributed by atoms with E-state index < -0.39 is 18.1 Å². The molecular weight excluding hydrogens is 348 g/mol. The molecule has 2 aromatic rings. The van der Waals surface area contributed by atoms with Crippen LogP contribution < -0.4 is 11.1 Å². The van der Waals surface area contributed by atoms with Gasteiger partial charge in [0.25, 0.3) is 5.91 Å². The van der Waals surface area contributed by atoms with Crippen molar-refractivity contribution in [2.45, 2.75) is 19.6 Å². The van der Waals surface area contributed by atoms with Crippen molar-refractivity contribution in [2.75, 3.05) is 11.9 Å². The van der Waals surface area contributed by atoms with Crippen LogP contribution in [0.2, 0.25) is 0 Å². The van der Waals surface area contributed by atoms with Gasteiger partial charge in [0, 0.05) is 12.3 Å². The van der Waals surface area contributed by atoms with E-state index in [0.717, 1.165) is 5.56 Å². The lowest BCUT2D eigenvalue weighted by Gasteiger charge is -2.15. The summed E-state index contributed by atoms with van der Waals surface area (Å²) in [5, 5.41) is 2.58. The molecule has 0 radical (unpaired) electrons. The SMILES string of the molecule is CCOC(C(N)=O)C(=C=O)c1ccc(NC(=O)OCc2ccccc2)cc1. The highest BCUT2D eigenvalue weighted by Crippen LogP contribution is 2.20. The number of carbonyl (C=O) groups excluding carboxylic acids is 3. The minimum absolute atomic E-state index is 0.00236. The van der Waals surface area contributed by atoms with E-state index >= 15 is 0 Å². The molecule has 3 N–H and O–H groups in total. The lowest BCUT2D eigenvalue weighted by Crippen LogP contribution is -2.32. The molecule has 0 heterocycles. The maximum Gasteiger partial charge on any atom is 0.411 e. The van der Waals surface area contributed by atoms with Crippen molar-refractivity contribution >= 4 is 29.2 Å². The van der Waals surface area contributed by atoms with E-state index in [0.29, 0.717) is 11.3 Å². The molecule has 27 heavy (non-hydrogen) atoms. The summed E-state index contributed by atoms with van der Waals surface area (Å²) in [4.78, 5) is 34.6. The highest BCUT2D eigenvalue weighted by molar-refractivity contribution is 6.02. The van der Waals surface area contributed by atoms with Gasteiger partial charge in [-0.3, -0.25) is 10.1 Å². The van der Waals surface area contributed by atoms with Gasteiger partial charge in [0.2, 0.25) is 0 Å². The van der Waals surface area contributed by atoms with Gasteiger partial charge in [-0.2, -0.15) is 0 Å². The molecule has 0 spiro atoms. The summed E-state index contributed by atoms with van der Waals surface area (Å²) in [5.74, 6) is 0.936. The van der Waals surface area contributed by atoms with Crippen molar-refractivity contribution in [2.24, 2.45) is 5.73 Å². The van der Waals surface area contributed by atoms with Crippen LogP contribution in [0.25, 0.3) is 5.57 Å². The van der Waals surface area contributed by atoms with Crippen LogP contribution in [0.15, 0.2) is 54.6 Å². The van der Waals surface area contributed by atoms with Gasteiger partial charge in [0.15, 0.2) is 6.10 Å². The summed E-state index contributed by atoms with van der Waals surface area (Å²) < 4.78 is 10.3. The Labute approximate surface area is 156 Å². The number of anilines is 1. The van der Waals surface area contributed by atoms with Crippen molar-refractivity contribution in [3.8, 4) is 0 Å². The lowest BCUT2D eigenvalue weighted by atomic mass is 10.0. The zero-order valence-corrected chi connectivity index (χ0v) is 14.8. The predicted octanol–water partition coefficient (Wildman–Crippen LogP) is 2.54. The summed E-state index contributed by atoms with van der Waals surface area (Å²) in [7, 11) is 0. The summed E-state index contributed by atoms with van der Waals surface area (Å²) >= 11 is 0. The smallest absolute Gasteiger partial charge is 0.411 e. The van der Waals surface area contributed by atoms with Gasteiger partial charge in [0.1, 0.15) is 12.5 Å². The van der Waals surface area contributed by atoms with Crippen molar-refractivity contribution in [1.29, 1.82) is 0 Å². The van der Waals surface area contributed by atoms with Crippen LogP contribution in [0.5, 0.6) is 0 Å². The second-order valence-corrected chi connectivity index (χ2v) is 5.52. The number of primary amides is 1. The topological polar surface area (TPSA) is 108 Å². The number of benzene rings is 2. The summed E-state index contributed by atoms with van der Waals surface area (Å²) in [6.45, 7) is 2.05. The van der Waals surface area contributed by atoms with E-state index in [9.17, 15) is 14.4 Å². The molecule has 2 amide bonds. The number of hydrogen-bond acceptors (Lipinski definition) is 5. The molecule has 0 bridgehead atoms. The number of nitrogens with two attached hydrogens (primary N) is 1. The van der Waals surface area contributed by atoms with Gasteiger partial charge in [-0.15, -0.1) is 0 Å². The number of nitrogens with one attached hydrogen (secondary N) is 1. The van der Waals surface area contributed by atoms with Crippen molar-refractivity contribution < 1.29 is 23.9 Å². The summed E-state index contributed by atoms with van der Waals surface area (Å²) in [5.41, 5.74) is 7.04. The van der Waals surface area contributed by atoms with E-state index in [-0.39, 0.29) is 18.8 Å². The lowest BCUT2D eigenvalue weighted by molar-refractivity contribution is -0.125. The second kappa shape index (κ2) is 9.91. The van der Waals surface area contributed by atoms with Crippen LogP contribution in [0.3, 0.4) is 0 Å². The van der Waals surface area contributed by atoms with Crippen molar-refractivity contribution in [1.82, 2.24) is 0 Å². The standard InChI is InChI=1S/C20H20N2O5/c1-2-26-18(19(21)24)17(12-23)15-8-10-16(11-9-15)22-20(25)27-13-14-6-4-3-5-7-14/h3-11,18H,2,13H2,1H3,(H2,21,24)(H,22,25). The van der Waals surface area contributed by atoms with Crippen LogP contribution in [-0.4, -0.2) is 30.7 Å². The third-order valence-corrected chi connectivity index (χ3v) is 3.62. The average molecular weight is 368 g/mol. The molecule has 0 aliphatic heterocycles.